The van der Waals surface area contributed by atoms with Crippen molar-refractivity contribution >= 4 is 37.5 Å². The first-order valence-electron chi connectivity index (χ1n) is 6.31. The van der Waals surface area contributed by atoms with Gasteiger partial charge in [-0.15, -0.1) is 11.3 Å². The Morgan fingerprint density at radius 2 is 2.04 bits per heavy atom. The maximum absolute atomic E-state index is 12.3. The highest BCUT2D eigenvalue weighted by molar-refractivity contribution is 7.88. The number of carbonyl (C=O) groups is 1. The van der Waals surface area contributed by atoms with E-state index < -0.39 is 33.3 Å². The van der Waals surface area contributed by atoms with E-state index in [0.29, 0.717) is 22.1 Å². The van der Waals surface area contributed by atoms with E-state index in [0.717, 1.165) is 23.5 Å². The van der Waals surface area contributed by atoms with Crippen LogP contribution in [0.3, 0.4) is 0 Å². The number of hydrogen-bond acceptors (Lipinski definition) is 5. The largest absolute Gasteiger partial charge is 0.534 e. The van der Waals surface area contributed by atoms with Crippen LogP contribution in [0.5, 0.6) is 5.75 Å². The second-order valence-electron chi connectivity index (χ2n) is 4.63. The van der Waals surface area contributed by atoms with Gasteiger partial charge in [-0.3, -0.25) is 4.79 Å². The number of alkyl halides is 3. The van der Waals surface area contributed by atoms with Gasteiger partial charge in [0.1, 0.15) is 5.75 Å². The third kappa shape index (κ3) is 3.42. The molecule has 0 radical (unpaired) electrons. The molecule has 1 aromatic heterocycles. The predicted molar refractivity (Wildman–Crippen MR) is 78.1 cm³/mol. The Hall–Kier alpha value is -1.81. The summed E-state index contributed by atoms with van der Waals surface area (Å²) in [7, 11) is -5.74. The van der Waals surface area contributed by atoms with Gasteiger partial charge in [0.05, 0.1) is 5.92 Å². The number of halogens is 3. The number of rotatable bonds is 5. The van der Waals surface area contributed by atoms with Gasteiger partial charge in [0.2, 0.25) is 0 Å². The Labute approximate surface area is 133 Å². The van der Waals surface area contributed by atoms with Crippen molar-refractivity contribution in [3.8, 4) is 5.75 Å². The topological polar surface area (TPSA) is 80.7 Å². The smallest absolute Gasteiger partial charge is 0.481 e. The first-order valence-corrected chi connectivity index (χ1v) is 8.60. The van der Waals surface area contributed by atoms with E-state index in [1.54, 1.807) is 12.3 Å². The van der Waals surface area contributed by atoms with E-state index in [9.17, 15) is 31.5 Å². The zero-order valence-electron chi connectivity index (χ0n) is 11.6. The molecule has 2 rings (SSSR count). The second-order valence-corrected chi connectivity index (χ2v) is 7.08. The number of carboxylic acids is 1. The van der Waals surface area contributed by atoms with Crippen molar-refractivity contribution in [3.05, 3.63) is 29.1 Å². The molecule has 0 saturated heterocycles. The zero-order valence-corrected chi connectivity index (χ0v) is 13.3. The quantitative estimate of drug-likeness (QED) is 0.643. The Morgan fingerprint density at radius 1 is 1.39 bits per heavy atom. The lowest BCUT2D eigenvalue weighted by Crippen LogP contribution is -2.28. The third-order valence-corrected chi connectivity index (χ3v) is 5.09. The van der Waals surface area contributed by atoms with Crippen molar-refractivity contribution in [2.45, 2.75) is 24.8 Å². The zero-order chi connectivity index (χ0) is 17.4. The SMILES string of the molecule is CCC(C(=O)O)c1csc2cc(OS(=O)(=O)C(F)(F)F)ccc12. The summed E-state index contributed by atoms with van der Waals surface area (Å²) in [6.07, 6.45) is 0.349. The summed E-state index contributed by atoms with van der Waals surface area (Å²) in [6, 6.07) is 3.56. The fourth-order valence-corrected chi connectivity index (χ4v) is 3.55. The minimum Gasteiger partial charge on any atom is -0.481 e. The van der Waals surface area contributed by atoms with Crippen LogP contribution in [-0.2, 0) is 14.9 Å². The molecule has 1 N–H and O–H groups in total. The molecule has 126 valence electrons. The summed E-state index contributed by atoms with van der Waals surface area (Å²) in [5.41, 5.74) is -4.98. The molecule has 10 heteroatoms. The minimum atomic E-state index is -5.74. The number of fused-ring (bicyclic) bond motifs is 1. The second kappa shape index (κ2) is 6.00. The van der Waals surface area contributed by atoms with Crippen LogP contribution in [0.4, 0.5) is 13.2 Å². The van der Waals surface area contributed by atoms with Gasteiger partial charge in [0, 0.05) is 4.70 Å². The van der Waals surface area contributed by atoms with Crippen molar-refractivity contribution in [2.75, 3.05) is 0 Å². The van der Waals surface area contributed by atoms with Crippen molar-refractivity contribution < 1.29 is 35.7 Å². The summed E-state index contributed by atoms with van der Waals surface area (Å²) < 4.78 is 63.4. The number of thiophene rings is 1. The lowest BCUT2D eigenvalue weighted by Gasteiger charge is -2.10. The molecular weight excluding hydrogens is 357 g/mol. The standard InChI is InChI=1S/C13H11F3O5S2/c1-2-8(12(17)18)10-6-22-11-5-7(3-4-9(10)11)21-23(19,20)13(14,15)16/h3-6,8H,2H2,1H3,(H,17,18). The van der Waals surface area contributed by atoms with Gasteiger partial charge in [-0.2, -0.15) is 21.6 Å². The van der Waals surface area contributed by atoms with Crippen molar-refractivity contribution in [1.29, 1.82) is 0 Å². The Balaban J connectivity index is 2.41. The normalized spacial score (nSPS) is 13.9. The van der Waals surface area contributed by atoms with Crippen molar-refractivity contribution in [2.24, 2.45) is 0 Å². The van der Waals surface area contributed by atoms with Crippen LogP contribution < -0.4 is 4.18 Å². The van der Waals surface area contributed by atoms with Crippen LogP contribution >= 0.6 is 11.3 Å². The lowest BCUT2D eigenvalue weighted by molar-refractivity contribution is -0.138. The summed E-state index contributed by atoms with van der Waals surface area (Å²) in [5, 5.41) is 11.3. The maximum atomic E-state index is 12.3. The van der Waals surface area contributed by atoms with Gasteiger partial charge < -0.3 is 9.29 Å². The van der Waals surface area contributed by atoms with E-state index in [4.69, 9.17) is 0 Å². The van der Waals surface area contributed by atoms with Crippen LogP contribution in [0.15, 0.2) is 23.6 Å². The molecule has 0 amide bonds. The average molecular weight is 368 g/mol. The summed E-state index contributed by atoms with van der Waals surface area (Å²) >= 11 is 1.10. The van der Waals surface area contributed by atoms with Gasteiger partial charge in [-0.25, -0.2) is 0 Å². The van der Waals surface area contributed by atoms with Crippen molar-refractivity contribution in [1.82, 2.24) is 0 Å². The van der Waals surface area contributed by atoms with Crippen LogP contribution in [-0.4, -0.2) is 25.0 Å². The average Bonchev–Trinajstić information content (AvgIpc) is 2.80. The summed E-state index contributed by atoms with van der Waals surface area (Å²) in [4.78, 5) is 11.2. The molecule has 1 heterocycles. The van der Waals surface area contributed by atoms with E-state index >= 15 is 0 Å². The number of carboxylic acid groups (broad SMARTS) is 1. The molecule has 0 bridgehead atoms. The monoisotopic (exact) mass is 368 g/mol. The molecule has 0 saturated carbocycles. The van der Waals surface area contributed by atoms with E-state index in [2.05, 4.69) is 4.18 Å². The summed E-state index contributed by atoms with van der Waals surface area (Å²) in [6.45, 7) is 1.70. The van der Waals surface area contributed by atoms with Crippen LogP contribution in [0, 0.1) is 0 Å². The number of hydrogen-bond donors (Lipinski definition) is 1. The first kappa shape index (κ1) is 17.5. The minimum absolute atomic E-state index is 0.349. The molecule has 0 fully saturated rings. The molecule has 2 aromatic rings. The Kier molecular flexibility index (Phi) is 4.58. The Morgan fingerprint density at radius 3 is 2.57 bits per heavy atom. The van der Waals surface area contributed by atoms with Gasteiger partial charge in [-0.1, -0.05) is 6.92 Å². The molecule has 1 atom stereocenters. The molecule has 0 aliphatic heterocycles. The number of aliphatic carboxylic acids is 1. The van der Waals surface area contributed by atoms with Gasteiger partial charge in [0.15, 0.2) is 0 Å². The van der Waals surface area contributed by atoms with E-state index in [1.165, 1.54) is 6.07 Å². The molecule has 0 aliphatic carbocycles. The molecule has 0 aliphatic rings. The highest BCUT2D eigenvalue weighted by Gasteiger charge is 2.48. The summed E-state index contributed by atoms with van der Waals surface area (Å²) in [5.74, 6) is -2.23. The third-order valence-electron chi connectivity index (χ3n) is 3.15. The van der Waals surface area contributed by atoms with Crippen LogP contribution in [0.1, 0.15) is 24.8 Å². The van der Waals surface area contributed by atoms with Gasteiger partial charge in [-0.05, 0) is 40.9 Å². The number of benzene rings is 1. The molecule has 1 unspecified atom stereocenters. The fourth-order valence-electron chi connectivity index (χ4n) is 2.05. The predicted octanol–water partition coefficient (Wildman–Crippen LogP) is 3.71. The molecule has 23 heavy (non-hydrogen) atoms. The van der Waals surface area contributed by atoms with Crippen LogP contribution in [0.25, 0.3) is 10.1 Å². The highest BCUT2D eigenvalue weighted by Crippen LogP contribution is 2.36. The molecule has 0 spiro atoms. The molecule has 5 nitrogen and oxygen atoms in total. The van der Waals surface area contributed by atoms with Gasteiger partial charge >= 0.3 is 21.6 Å². The van der Waals surface area contributed by atoms with Crippen molar-refractivity contribution in [3.63, 3.8) is 0 Å². The Bertz CT molecular complexity index is 839. The molecule has 1 aromatic carbocycles. The van der Waals surface area contributed by atoms with Gasteiger partial charge in [0.25, 0.3) is 0 Å². The van der Waals surface area contributed by atoms with E-state index in [-0.39, 0.29) is 0 Å². The lowest BCUT2D eigenvalue weighted by atomic mass is 9.96. The first-order chi connectivity index (χ1) is 10.6. The van der Waals surface area contributed by atoms with E-state index in [1.807, 2.05) is 0 Å². The van der Waals surface area contributed by atoms with Crippen LogP contribution in [0.2, 0.25) is 0 Å². The highest BCUT2D eigenvalue weighted by atomic mass is 32.2. The fraction of sp³-hybridized carbons (Fsp3) is 0.308. The maximum Gasteiger partial charge on any atom is 0.534 e. The molecular formula is C13H11F3O5S2.